The van der Waals surface area contributed by atoms with Crippen LogP contribution in [0.5, 0.6) is 0 Å². The number of aromatic amines is 1. The predicted molar refractivity (Wildman–Crippen MR) is 78.7 cm³/mol. The molecule has 0 spiro atoms. The summed E-state index contributed by atoms with van der Waals surface area (Å²) in [4.78, 5) is 3.25. The van der Waals surface area contributed by atoms with Crippen molar-refractivity contribution in [3.63, 3.8) is 0 Å². The maximum Gasteiger partial charge on any atom is 0.178 e. The third kappa shape index (κ3) is 2.21. The number of halogens is 1. The van der Waals surface area contributed by atoms with E-state index in [4.69, 9.17) is 23.8 Å². The molecule has 1 aromatic heterocycles. The van der Waals surface area contributed by atoms with E-state index in [0.717, 1.165) is 33.3 Å². The number of nitrogens with zero attached hydrogens (tertiary/aromatic N) is 1. The molecule has 1 heterocycles. The van der Waals surface area contributed by atoms with Crippen LogP contribution in [-0.2, 0) is 6.54 Å². The van der Waals surface area contributed by atoms with Crippen LogP contribution in [0, 0.1) is 10.7 Å². The van der Waals surface area contributed by atoms with Crippen molar-refractivity contribution in [2.45, 2.75) is 38.6 Å². The number of para-hydroxylation sites is 1. The molecule has 0 atom stereocenters. The molecule has 0 saturated heterocycles. The highest BCUT2D eigenvalue weighted by Crippen LogP contribution is 2.29. The summed E-state index contributed by atoms with van der Waals surface area (Å²) in [5, 5.41) is 0.788. The average molecular weight is 281 g/mol. The van der Waals surface area contributed by atoms with Crippen molar-refractivity contribution in [3.8, 4) is 0 Å². The first-order valence-electron chi connectivity index (χ1n) is 6.63. The van der Waals surface area contributed by atoms with Crippen LogP contribution in [0.2, 0.25) is 5.02 Å². The van der Waals surface area contributed by atoms with Crippen molar-refractivity contribution in [2.24, 2.45) is 5.92 Å². The minimum Gasteiger partial charge on any atom is -0.331 e. The van der Waals surface area contributed by atoms with Crippen molar-refractivity contribution in [1.29, 1.82) is 0 Å². The smallest absolute Gasteiger partial charge is 0.178 e. The predicted octanol–water partition coefficient (Wildman–Crippen LogP) is 4.93. The number of hydrogen-bond acceptors (Lipinski definition) is 1. The SMILES string of the molecule is S=c1[nH]c2cccc(Cl)c2n1CC1CCCCC1. The highest BCUT2D eigenvalue weighted by molar-refractivity contribution is 7.71. The number of imidazole rings is 1. The molecule has 0 radical (unpaired) electrons. The van der Waals surface area contributed by atoms with Crippen molar-refractivity contribution < 1.29 is 0 Å². The molecule has 0 bridgehead atoms. The Hall–Kier alpha value is -0.800. The summed E-state index contributed by atoms with van der Waals surface area (Å²) >= 11 is 11.7. The molecule has 2 aromatic rings. The summed E-state index contributed by atoms with van der Waals surface area (Å²) in [6.07, 6.45) is 6.73. The fourth-order valence-corrected chi connectivity index (χ4v) is 3.53. The van der Waals surface area contributed by atoms with Gasteiger partial charge in [0.05, 0.1) is 16.1 Å². The molecule has 1 fully saturated rings. The Kier molecular flexibility index (Phi) is 3.44. The molecule has 2 nitrogen and oxygen atoms in total. The van der Waals surface area contributed by atoms with Crippen LogP contribution in [0.15, 0.2) is 18.2 Å². The maximum absolute atomic E-state index is 6.31. The third-order valence-electron chi connectivity index (χ3n) is 3.91. The summed E-state index contributed by atoms with van der Waals surface area (Å²) < 4.78 is 2.98. The number of benzene rings is 1. The topological polar surface area (TPSA) is 20.7 Å². The van der Waals surface area contributed by atoms with Crippen LogP contribution in [0.4, 0.5) is 0 Å². The quantitative estimate of drug-likeness (QED) is 0.773. The molecule has 1 saturated carbocycles. The second-order valence-corrected chi connectivity index (χ2v) is 5.97. The lowest BCUT2D eigenvalue weighted by molar-refractivity contribution is 0.321. The van der Waals surface area contributed by atoms with Gasteiger partial charge in [-0.15, -0.1) is 0 Å². The molecule has 1 aliphatic carbocycles. The lowest BCUT2D eigenvalue weighted by Gasteiger charge is -2.22. The fourth-order valence-electron chi connectivity index (χ4n) is 2.98. The number of aromatic nitrogens is 2. The highest BCUT2D eigenvalue weighted by atomic mass is 35.5. The van der Waals surface area contributed by atoms with Gasteiger partial charge in [-0.1, -0.05) is 36.9 Å². The molecule has 0 aliphatic heterocycles. The highest BCUT2D eigenvalue weighted by Gasteiger charge is 2.16. The van der Waals surface area contributed by atoms with E-state index in [1.807, 2.05) is 18.2 Å². The number of fused-ring (bicyclic) bond motifs is 1. The van der Waals surface area contributed by atoms with Crippen LogP contribution < -0.4 is 0 Å². The van der Waals surface area contributed by atoms with Gasteiger partial charge >= 0.3 is 0 Å². The van der Waals surface area contributed by atoms with Gasteiger partial charge < -0.3 is 9.55 Å². The Bertz CT molecular complexity index is 608. The van der Waals surface area contributed by atoms with E-state index in [0.29, 0.717) is 0 Å². The largest absolute Gasteiger partial charge is 0.331 e. The first-order valence-corrected chi connectivity index (χ1v) is 7.41. The van der Waals surface area contributed by atoms with Crippen LogP contribution in [-0.4, -0.2) is 9.55 Å². The van der Waals surface area contributed by atoms with Gasteiger partial charge in [0.25, 0.3) is 0 Å². The number of rotatable bonds is 2. The second-order valence-electron chi connectivity index (χ2n) is 5.18. The van der Waals surface area contributed by atoms with Gasteiger partial charge in [-0.05, 0) is 43.1 Å². The standard InChI is InChI=1S/C14H17ClN2S/c15-11-7-4-8-12-13(11)17(14(18)16-12)9-10-5-2-1-3-6-10/h4,7-8,10H,1-3,5-6,9H2,(H,16,18). The van der Waals surface area contributed by atoms with Gasteiger partial charge in [0, 0.05) is 6.54 Å². The average Bonchev–Trinajstić information content (AvgIpc) is 2.69. The molecule has 1 N–H and O–H groups in total. The van der Waals surface area contributed by atoms with Gasteiger partial charge in [-0.2, -0.15) is 0 Å². The summed E-state index contributed by atoms with van der Waals surface area (Å²) in [6, 6.07) is 5.93. The Morgan fingerprint density at radius 2 is 2.06 bits per heavy atom. The monoisotopic (exact) mass is 280 g/mol. The molecule has 1 aromatic carbocycles. The van der Waals surface area contributed by atoms with Crippen molar-refractivity contribution in [2.75, 3.05) is 0 Å². The number of nitrogens with one attached hydrogen (secondary N) is 1. The third-order valence-corrected chi connectivity index (χ3v) is 4.54. The zero-order valence-electron chi connectivity index (χ0n) is 10.3. The summed E-state index contributed by atoms with van der Waals surface area (Å²) in [5.74, 6) is 0.751. The van der Waals surface area contributed by atoms with E-state index in [1.54, 1.807) is 0 Å². The molecular formula is C14H17ClN2S. The summed E-state index contributed by atoms with van der Waals surface area (Å²) in [7, 11) is 0. The Morgan fingerprint density at radius 1 is 1.28 bits per heavy atom. The molecular weight excluding hydrogens is 264 g/mol. The molecule has 3 rings (SSSR count). The van der Waals surface area contributed by atoms with E-state index in [2.05, 4.69) is 9.55 Å². The lowest BCUT2D eigenvalue weighted by atomic mass is 9.89. The number of hydrogen-bond donors (Lipinski definition) is 1. The van der Waals surface area contributed by atoms with E-state index in [1.165, 1.54) is 32.1 Å². The van der Waals surface area contributed by atoms with Crippen molar-refractivity contribution in [3.05, 3.63) is 28.0 Å². The minimum atomic E-state index is 0.751. The Morgan fingerprint density at radius 3 is 2.83 bits per heavy atom. The van der Waals surface area contributed by atoms with Gasteiger partial charge in [0.15, 0.2) is 4.77 Å². The minimum absolute atomic E-state index is 0.751. The van der Waals surface area contributed by atoms with Crippen LogP contribution in [0.3, 0.4) is 0 Å². The molecule has 4 heteroatoms. The van der Waals surface area contributed by atoms with E-state index in [9.17, 15) is 0 Å². The zero-order valence-corrected chi connectivity index (χ0v) is 11.9. The van der Waals surface area contributed by atoms with Gasteiger partial charge in [-0.25, -0.2) is 0 Å². The van der Waals surface area contributed by atoms with Crippen molar-refractivity contribution >= 4 is 34.9 Å². The van der Waals surface area contributed by atoms with Gasteiger partial charge in [0.2, 0.25) is 0 Å². The van der Waals surface area contributed by atoms with Gasteiger partial charge in [0.1, 0.15) is 0 Å². The van der Waals surface area contributed by atoms with E-state index in [-0.39, 0.29) is 0 Å². The summed E-state index contributed by atoms with van der Waals surface area (Å²) in [6.45, 7) is 1.00. The fraction of sp³-hybridized carbons (Fsp3) is 0.500. The lowest BCUT2D eigenvalue weighted by Crippen LogP contribution is -2.14. The number of H-pyrrole nitrogens is 1. The molecule has 1 aliphatic rings. The van der Waals surface area contributed by atoms with E-state index < -0.39 is 0 Å². The summed E-state index contributed by atoms with van der Waals surface area (Å²) in [5.41, 5.74) is 2.11. The zero-order chi connectivity index (χ0) is 12.5. The van der Waals surface area contributed by atoms with Crippen LogP contribution in [0.1, 0.15) is 32.1 Å². The van der Waals surface area contributed by atoms with Crippen LogP contribution in [0.25, 0.3) is 11.0 Å². The van der Waals surface area contributed by atoms with Crippen LogP contribution >= 0.6 is 23.8 Å². The molecule has 0 unspecified atom stereocenters. The second kappa shape index (κ2) is 5.06. The Labute approximate surface area is 117 Å². The van der Waals surface area contributed by atoms with E-state index >= 15 is 0 Å². The molecule has 0 amide bonds. The maximum atomic E-state index is 6.31. The van der Waals surface area contributed by atoms with Gasteiger partial charge in [-0.3, -0.25) is 0 Å². The molecule has 96 valence electrons. The van der Waals surface area contributed by atoms with Crippen molar-refractivity contribution in [1.82, 2.24) is 9.55 Å². The normalized spacial score (nSPS) is 17.4. The molecule has 18 heavy (non-hydrogen) atoms. The first kappa shape index (κ1) is 12.2. The Balaban J connectivity index is 2.00. The first-order chi connectivity index (χ1) is 8.75.